The largest absolute Gasteiger partial charge is 0.394 e. The molecule has 0 bridgehead atoms. The van der Waals surface area contributed by atoms with Gasteiger partial charge in [0.15, 0.2) is 0 Å². The van der Waals surface area contributed by atoms with Crippen molar-refractivity contribution in [2.45, 2.75) is 12.5 Å². The molecule has 0 spiro atoms. The number of para-hydroxylation sites is 1. The summed E-state index contributed by atoms with van der Waals surface area (Å²) in [7, 11) is 0. The molecule has 2 aromatic rings. The minimum absolute atomic E-state index is 0.0677. The van der Waals surface area contributed by atoms with Crippen LogP contribution in [-0.2, 0) is 0 Å². The van der Waals surface area contributed by atoms with Crippen LogP contribution in [0, 0.1) is 0 Å². The fraction of sp³-hybridized carbons (Fsp3) is 0.200. The molecule has 0 radical (unpaired) electrons. The van der Waals surface area contributed by atoms with Gasteiger partial charge in [0.25, 0.3) is 6.43 Å². The monoisotopic (exact) mass is 297 g/mol. The van der Waals surface area contributed by atoms with E-state index >= 15 is 0 Å². The molecule has 2 aromatic carbocycles. The normalized spacial score (nSPS) is 12.4. The Bertz CT molecular complexity index is 577. The Labute approximate surface area is 121 Å². The van der Waals surface area contributed by atoms with Gasteiger partial charge < -0.3 is 10.4 Å². The Morgan fingerprint density at radius 3 is 2.40 bits per heavy atom. The Kier molecular flexibility index (Phi) is 4.93. The van der Waals surface area contributed by atoms with Crippen LogP contribution in [0.2, 0.25) is 5.02 Å². The van der Waals surface area contributed by atoms with Crippen molar-refractivity contribution < 1.29 is 13.9 Å². The van der Waals surface area contributed by atoms with E-state index in [1.54, 1.807) is 36.4 Å². The summed E-state index contributed by atoms with van der Waals surface area (Å²) in [5.74, 6) is 0. The van der Waals surface area contributed by atoms with E-state index in [-0.39, 0.29) is 12.2 Å². The number of nitrogens with one attached hydrogen (secondary N) is 1. The van der Waals surface area contributed by atoms with E-state index in [2.05, 4.69) is 5.32 Å². The fourth-order valence-corrected chi connectivity index (χ4v) is 2.10. The number of benzene rings is 2. The van der Waals surface area contributed by atoms with Gasteiger partial charge in [0.2, 0.25) is 0 Å². The van der Waals surface area contributed by atoms with Gasteiger partial charge in [0, 0.05) is 5.56 Å². The second kappa shape index (κ2) is 6.68. The summed E-state index contributed by atoms with van der Waals surface area (Å²) in [4.78, 5) is 0. The standard InChI is InChI=1S/C15H14ClF2NO/c16-12-6-1-2-7-13(12)19-14(9-20)10-4-3-5-11(8-10)15(17)18/h1-8,14-15,19-20H,9H2. The van der Waals surface area contributed by atoms with Gasteiger partial charge in [-0.1, -0.05) is 41.9 Å². The molecule has 106 valence electrons. The molecule has 0 heterocycles. The van der Waals surface area contributed by atoms with Gasteiger partial charge in [0.05, 0.1) is 23.4 Å². The molecular formula is C15H14ClF2NO. The minimum Gasteiger partial charge on any atom is -0.394 e. The molecule has 0 fully saturated rings. The van der Waals surface area contributed by atoms with Gasteiger partial charge in [-0.05, 0) is 23.8 Å². The number of alkyl halides is 2. The lowest BCUT2D eigenvalue weighted by Crippen LogP contribution is -2.15. The third kappa shape index (κ3) is 3.46. The van der Waals surface area contributed by atoms with Gasteiger partial charge >= 0.3 is 0 Å². The molecule has 2 N–H and O–H groups in total. The molecule has 0 saturated carbocycles. The van der Waals surface area contributed by atoms with Crippen molar-refractivity contribution in [2.75, 3.05) is 11.9 Å². The Hall–Kier alpha value is -1.65. The van der Waals surface area contributed by atoms with Crippen LogP contribution in [0.4, 0.5) is 14.5 Å². The van der Waals surface area contributed by atoms with E-state index in [4.69, 9.17) is 11.6 Å². The van der Waals surface area contributed by atoms with Crippen molar-refractivity contribution in [3.05, 3.63) is 64.7 Å². The smallest absolute Gasteiger partial charge is 0.263 e. The summed E-state index contributed by atoms with van der Waals surface area (Å²) in [5, 5.41) is 13.0. The molecule has 2 nitrogen and oxygen atoms in total. The SMILES string of the molecule is OCC(Nc1ccccc1Cl)c1cccc(C(F)F)c1. The molecule has 0 aliphatic rings. The van der Waals surface area contributed by atoms with Crippen molar-refractivity contribution in [3.8, 4) is 0 Å². The zero-order valence-electron chi connectivity index (χ0n) is 10.6. The highest BCUT2D eigenvalue weighted by atomic mass is 35.5. The lowest BCUT2D eigenvalue weighted by molar-refractivity contribution is 0.151. The average molecular weight is 298 g/mol. The van der Waals surface area contributed by atoms with Crippen LogP contribution in [0.15, 0.2) is 48.5 Å². The van der Waals surface area contributed by atoms with Crippen LogP contribution < -0.4 is 5.32 Å². The van der Waals surface area contributed by atoms with E-state index in [1.807, 2.05) is 0 Å². The van der Waals surface area contributed by atoms with Gasteiger partial charge in [-0.25, -0.2) is 8.78 Å². The number of aliphatic hydroxyl groups is 1. The van der Waals surface area contributed by atoms with Crippen molar-refractivity contribution in [2.24, 2.45) is 0 Å². The molecule has 0 saturated heterocycles. The van der Waals surface area contributed by atoms with E-state index in [1.165, 1.54) is 12.1 Å². The predicted molar refractivity (Wildman–Crippen MR) is 76.3 cm³/mol. The molecule has 1 unspecified atom stereocenters. The first kappa shape index (κ1) is 14.8. The van der Waals surface area contributed by atoms with E-state index in [0.717, 1.165) is 0 Å². The maximum absolute atomic E-state index is 12.7. The summed E-state index contributed by atoms with van der Waals surface area (Å²) >= 11 is 6.03. The molecule has 0 aliphatic heterocycles. The quantitative estimate of drug-likeness (QED) is 0.856. The Morgan fingerprint density at radius 2 is 1.75 bits per heavy atom. The summed E-state index contributed by atoms with van der Waals surface area (Å²) in [6.07, 6.45) is -2.53. The lowest BCUT2D eigenvalue weighted by Gasteiger charge is -2.19. The summed E-state index contributed by atoms with van der Waals surface area (Å²) in [6.45, 7) is -0.224. The second-order valence-electron chi connectivity index (χ2n) is 4.33. The number of rotatable bonds is 5. The highest BCUT2D eigenvalue weighted by Crippen LogP contribution is 2.27. The summed E-state index contributed by atoms with van der Waals surface area (Å²) < 4.78 is 25.4. The van der Waals surface area contributed by atoms with E-state index in [0.29, 0.717) is 16.3 Å². The highest BCUT2D eigenvalue weighted by molar-refractivity contribution is 6.33. The van der Waals surface area contributed by atoms with Crippen LogP contribution >= 0.6 is 11.6 Å². The molecule has 2 rings (SSSR count). The number of halogens is 3. The van der Waals surface area contributed by atoms with Crippen molar-refractivity contribution in [3.63, 3.8) is 0 Å². The fourth-order valence-electron chi connectivity index (χ4n) is 1.91. The third-order valence-corrected chi connectivity index (χ3v) is 3.28. The first-order valence-electron chi connectivity index (χ1n) is 6.11. The lowest BCUT2D eigenvalue weighted by atomic mass is 10.0. The van der Waals surface area contributed by atoms with E-state index < -0.39 is 12.5 Å². The average Bonchev–Trinajstić information content (AvgIpc) is 2.46. The van der Waals surface area contributed by atoms with Crippen molar-refractivity contribution in [1.82, 2.24) is 0 Å². The maximum Gasteiger partial charge on any atom is 0.263 e. The van der Waals surface area contributed by atoms with Crippen molar-refractivity contribution in [1.29, 1.82) is 0 Å². The van der Waals surface area contributed by atoms with Gasteiger partial charge in [-0.2, -0.15) is 0 Å². The Balaban J connectivity index is 2.24. The van der Waals surface area contributed by atoms with Gasteiger partial charge in [0.1, 0.15) is 0 Å². The van der Waals surface area contributed by atoms with Crippen LogP contribution in [0.1, 0.15) is 23.6 Å². The van der Waals surface area contributed by atoms with E-state index in [9.17, 15) is 13.9 Å². The molecule has 1 atom stereocenters. The Morgan fingerprint density at radius 1 is 1.05 bits per heavy atom. The zero-order chi connectivity index (χ0) is 14.5. The van der Waals surface area contributed by atoms with Gasteiger partial charge in [-0.15, -0.1) is 0 Å². The molecule has 0 amide bonds. The van der Waals surface area contributed by atoms with Gasteiger partial charge in [-0.3, -0.25) is 0 Å². The predicted octanol–water partition coefficient (Wildman–Crippen LogP) is 4.42. The first-order valence-corrected chi connectivity index (χ1v) is 6.49. The topological polar surface area (TPSA) is 32.3 Å². The first-order chi connectivity index (χ1) is 9.61. The minimum atomic E-state index is -2.53. The number of anilines is 1. The second-order valence-corrected chi connectivity index (χ2v) is 4.74. The molecule has 5 heteroatoms. The van der Waals surface area contributed by atoms with Crippen molar-refractivity contribution >= 4 is 17.3 Å². The van der Waals surface area contributed by atoms with Crippen LogP contribution in [0.3, 0.4) is 0 Å². The third-order valence-electron chi connectivity index (χ3n) is 2.95. The molecule has 20 heavy (non-hydrogen) atoms. The maximum atomic E-state index is 12.7. The van der Waals surface area contributed by atoms with Crippen LogP contribution in [0.5, 0.6) is 0 Å². The zero-order valence-corrected chi connectivity index (χ0v) is 11.3. The number of hydrogen-bond donors (Lipinski definition) is 2. The molecule has 0 aromatic heterocycles. The van der Waals surface area contributed by atoms with Crippen LogP contribution in [-0.4, -0.2) is 11.7 Å². The molecular weight excluding hydrogens is 284 g/mol. The number of hydrogen-bond acceptors (Lipinski definition) is 2. The number of aliphatic hydroxyl groups excluding tert-OH is 1. The summed E-state index contributed by atoms with van der Waals surface area (Å²) in [6, 6.07) is 12.6. The highest BCUT2D eigenvalue weighted by Gasteiger charge is 2.14. The van der Waals surface area contributed by atoms with Crippen LogP contribution in [0.25, 0.3) is 0 Å². The summed E-state index contributed by atoms with van der Waals surface area (Å²) in [5.41, 5.74) is 1.17. The molecule has 0 aliphatic carbocycles.